The van der Waals surface area contributed by atoms with Crippen molar-refractivity contribution in [3.05, 3.63) is 17.5 Å². The fourth-order valence-corrected chi connectivity index (χ4v) is 4.09. The van der Waals surface area contributed by atoms with Gasteiger partial charge in [-0.3, -0.25) is 0 Å². The van der Waals surface area contributed by atoms with Gasteiger partial charge in [0.2, 0.25) is 0 Å². The Bertz CT molecular complexity index is 418. The molecule has 1 fully saturated rings. The van der Waals surface area contributed by atoms with Crippen LogP contribution in [0.4, 0.5) is 0 Å². The summed E-state index contributed by atoms with van der Waals surface area (Å²) >= 11 is 1.13. The first-order chi connectivity index (χ1) is 7.01. The number of thiophene rings is 1. The van der Waals surface area contributed by atoms with Crippen LogP contribution in [-0.2, 0) is 10.0 Å². The first-order valence-corrected chi connectivity index (χ1v) is 6.73. The van der Waals surface area contributed by atoms with Gasteiger partial charge in [-0.2, -0.15) is 4.31 Å². The predicted molar refractivity (Wildman–Crippen MR) is 55.1 cm³/mol. The number of aliphatic hydroxyl groups is 2. The van der Waals surface area contributed by atoms with E-state index in [4.69, 9.17) is 0 Å². The number of aliphatic hydroxyl groups excluding tert-OH is 2. The molecule has 1 aliphatic rings. The summed E-state index contributed by atoms with van der Waals surface area (Å²) in [5, 5.41) is 20.2. The van der Waals surface area contributed by atoms with Crippen molar-refractivity contribution in [3.63, 3.8) is 0 Å². The van der Waals surface area contributed by atoms with E-state index >= 15 is 0 Å². The maximum Gasteiger partial charge on any atom is 0.252 e. The minimum Gasteiger partial charge on any atom is -0.389 e. The molecule has 2 unspecified atom stereocenters. The SMILES string of the molecule is O=S(=O)(c1cccs1)N1CC(O)C(O)C1. The minimum absolute atomic E-state index is 0.0403. The lowest BCUT2D eigenvalue weighted by molar-refractivity contribution is 0.0572. The summed E-state index contributed by atoms with van der Waals surface area (Å²) in [5.41, 5.74) is 0. The summed E-state index contributed by atoms with van der Waals surface area (Å²) in [6.07, 6.45) is -1.97. The molecule has 2 N–H and O–H groups in total. The second-order valence-corrected chi connectivity index (χ2v) is 6.50. The maximum atomic E-state index is 11.9. The first-order valence-electron chi connectivity index (χ1n) is 4.41. The van der Waals surface area contributed by atoms with Gasteiger partial charge in [0.25, 0.3) is 10.0 Å². The normalized spacial score (nSPS) is 28.4. The van der Waals surface area contributed by atoms with E-state index in [0.29, 0.717) is 0 Å². The first kappa shape index (κ1) is 11.0. The Balaban J connectivity index is 2.25. The fraction of sp³-hybridized carbons (Fsp3) is 0.500. The average molecular weight is 249 g/mol. The van der Waals surface area contributed by atoms with E-state index in [-0.39, 0.29) is 17.3 Å². The van der Waals surface area contributed by atoms with Crippen LogP contribution in [0.5, 0.6) is 0 Å². The van der Waals surface area contributed by atoms with E-state index < -0.39 is 22.2 Å². The second kappa shape index (κ2) is 3.84. The van der Waals surface area contributed by atoms with Crippen molar-refractivity contribution >= 4 is 21.4 Å². The summed E-state index contributed by atoms with van der Waals surface area (Å²) in [6.45, 7) is -0.0806. The van der Waals surface area contributed by atoms with Gasteiger partial charge in [0, 0.05) is 13.1 Å². The number of rotatable bonds is 2. The molecule has 84 valence electrons. The quantitative estimate of drug-likeness (QED) is 0.739. The highest BCUT2D eigenvalue weighted by Gasteiger charge is 2.37. The lowest BCUT2D eigenvalue weighted by atomic mass is 10.3. The van der Waals surface area contributed by atoms with Gasteiger partial charge in [0.15, 0.2) is 0 Å². The summed E-state index contributed by atoms with van der Waals surface area (Å²) in [6, 6.07) is 3.16. The third-order valence-electron chi connectivity index (χ3n) is 2.31. The smallest absolute Gasteiger partial charge is 0.252 e. The lowest BCUT2D eigenvalue weighted by Gasteiger charge is -2.13. The van der Waals surface area contributed by atoms with Crippen LogP contribution in [-0.4, -0.2) is 48.2 Å². The molecule has 1 aromatic rings. The molecule has 0 amide bonds. The van der Waals surface area contributed by atoms with Crippen molar-refractivity contribution in [2.45, 2.75) is 16.4 Å². The maximum absolute atomic E-state index is 11.9. The molecule has 1 aliphatic heterocycles. The van der Waals surface area contributed by atoms with Gasteiger partial charge < -0.3 is 10.2 Å². The Morgan fingerprint density at radius 3 is 2.40 bits per heavy atom. The van der Waals surface area contributed by atoms with Crippen LogP contribution >= 0.6 is 11.3 Å². The summed E-state index contributed by atoms with van der Waals surface area (Å²) < 4.78 is 25.1. The number of hydrogen-bond acceptors (Lipinski definition) is 5. The highest BCUT2D eigenvalue weighted by molar-refractivity contribution is 7.91. The van der Waals surface area contributed by atoms with Crippen molar-refractivity contribution in [3.8, 4) is 0 Å². The Morgan fingerprint density at radius 2 is 1.93 bits per heavy atom. The molecule has 2 heterocycles. The van der Waals surface area contributed by atoms with Crippen molar-refractivity contribution in [1.29, 1.82) is 0 Å². The van der Waals surface area contributed by atoms with Gasteiger partial charge in [0.05, 0.1) is 12.2 Å². The van der Waals surface area contributed by atoms with Crippen molar-refractivity contribution in [2.24, 2.45) is 0 Å². The van der Waals surface area contributed by atoms with Crippen molar-refractivity contribution < 1.29 is 18.6 Å². The molecular formula is C8H11NO4S2. The molecule has 0 aromatic carbocycles. The number of hydrogen-bond donors (Lipinski definition) is 2. The largest absolute Gasteiger partial charge is 0.389 e. The van der Waals surface area contributed by atoms with Gasteiger partial charge in [-0.05, 0) is 11.4 Å². The number of sulfonamides is 1. The van der Waals surface area contributed by atoms with E-state index in [1.54, 1.807) is 11.4 Å². The zero-order valence-corrected chi connectivity index (χ0v) is 9.41. The van der Waals surface area contributed by atoms with E-state index in [1.807, 2.05) is 0 Å². The van der Waals surface area contributed by atoms with E-state index in [0.717, 1.165) is 15.6 Å². The number of β-amino-alcohol motifs (C(OH)–C–C–N with tert-alkyl or cyclic N) is 2. The zero-order chi connectivity index (χ0) is 11.1. The van der Waals surface area contributed by atoms with Crippen molar-refractivity contribution in [2.75, 3.05) is 13.1 Å². The summed E-state index contributed by atoms with van der Waals surface area (Å²) in [5.74, 6) is 0. The molecule has 2 atom stereocenters. The molecule has 0 spiro atoms. The molecule has 0 bridgehead atoms. The third kappa shape index (κ3) is 1.93. The van der Waals surface area contributed by atoms with Gasteiger partial charge >= 0.3 is 0 Å². The molecule has 1 saturated heterocycles. The van der Waals surface area contributed by atoms with Crippen LogP contribution in [0.25, 0.3) is 0 Å². The van der Waals surface area contributed by atoms with Gasteiger partial charge in [-0.1, -0.05) is 6.07 Å². The average Bonchev–Trinajstić information content (AvgIpc) is 2.77. The molecular weight excluding hydrogens is 238 g/mol. The van der Waals surface area contributed by atoms with Crippen LogP contribution in [0.15, 0.2) is 21.7 Å². The van der Waals surface area contributed by atoms with E-state index in [1.165, 1.54) is 6.07 Å². The van der Waals surface area contributed by atoms with Crippen LogP contribution in [0.2, 0.25) is 0 Å². The second-order valence-electron chi connectivity index (χ2n) is 3.39. The molecule has 0 aliphatic carbocycles. The Labute approximate surface area is 91.6 Å². The monoisotopic (exact) mass is 249 g/mol. The van der Waals surface area contributed by atoms with Gasteiger partial charge in [-0.15, -0.1) is 11.3 Å². The van der Waals surface area contributed by atoms with E-state index in [9.17, 15) is 18.6 Å². The Hall–Kier alpha value is -0.470. The van der Waals surface area contributed by atoms with Crippen LogP contribution < -0.4 is 0 Å². The van der Waals surface area contributed by atoms with Crippen LogP contribution in [0.3, 0.4) is 0 Å². The van der Waals surface area contributed by atoms with E-state index in [2.05, 4.69) is 0 Å². The summed E-state index contributed by atoms with van der Waals surface area (Å²) in [4.78, 5) is 0. The molecule has 7 heteroatoms. The van der Waals surface area contributed by atoms with Gasteiger partial charge in [0.1, 0.15) is 4.21 Å². The lowest BCUT2D eigenvalue weighted by Crippen LogP contribution is -2.29. The minimum atomic E-state index is -3.53. The van der Waals surface area contributed by atoms with Crippen LogP contribution in [0.1, 0.15) is 0 Å². The standard InChI is InChI=1S/C8H11NO4S2/c10-6-4-9(5-7(6)11)15(12,13)8-2-1-3-14-8/h1-3,6-7,10-11H,4-5H2. The number of nitrogens with zero attached hydrogens (tertiary/aromatic N) is 1. The van der Waals surface area contributed by atoms with Crippen molar-refractivity contribution in [1.82, 2.24) is 4.31 Å². The molecule has 15 heavy (non-hydrogen) atoms. The van der Waals surface area contributed by atoms with Crippen LogP contribution in [0, 0.1) is 0 Å². The Kier molecular flexibility index (Phi) is 2.82. The summed E-state index contributed by atoms with van der Waals surface area (Å²) in [7, 11) is -3.53. The predicted octanol–water partition coefficient (Wildman–Crippen LogP) is -0.526. The highest BCUT2D eigenvalue weighted by atomic mass is 32.2. The zero-order valence-electron chi connectivity index (χ0n) is 7.78. The topological polar surface area (TPSA) is 77.8 Å². The third-order valence-corrected chi connectivity index (χ3v) is 5.52. The molecule has 0 saturated carbocycles. The fourth-order valence-electron chi connectivity index (χ4n) is 1.47. The molecule has 5 nitrogen and oxygen atoms in total. The highest BCUT2D eigenvalue weighted by Crippen LogP contribution is 2.24. The van der Waals surface area contributed by atoms with Gasteiger partial charge in [-0.25, -0.2) is 8.42 Å². The Morgan fingerprint density at radius 1 is 1.33 bits per heavy atom. The molecule has 1 aromatic heterocycles. The molecule has 0 radical (unpaired) electrons. The molecule has 2 rings (SSSR count).